The van der Waals surface area contributed by atoms with E-state index in [1.165, 1.54) is 0 Å². The fraction of sp³-hybridized carbons (Fsp3) is 0.370. The predicted octanol–water partition coefficient (Wildman–Crippen LogP) is 6.36. The van der Waals surface area contributed by atoms with Gasteiger partial charge in [0.15, 0.2) is 5.76 Å². The number of carboxylic acids is 1. The lowest BCUT2D eigenvalue weighted by Crippen LogP contribution is -2.31. The summed E-state index contributed by atoms with van der Waals surface area (Å²) in [6.07, 6.45) is 3.42. The Morgan fingerprint density at radius 1 is 1.14 bits per heavy atom. The van der Waals surface area contributed by atoms with E-state index in [4.69, 9.17) is 25.6 Å². The summed E-state index contributed by atoms with van der Waals surface area (Å²) in [5.41, 5.74) is 2.55. The molecule has 0 saturated heterocycles. The van der Waals surface area contributed by atoms with Gasteiger partial charge in [-0.1, -0.05) is 47.8 Å². The quantitative estimate of drug-likeness (QED) is 0.343. The van der Waals surface area contributed by atoms with Crippen molar-refractivity contribution in [3.8, 4) is 17.1 Å². The van der Waals surface area contributed by atoms with Gasteiger partial charge in [0.05, 0.1) is 19.1 Å². The van der Waals surface area contributed by atoms with Crippen LogP contribution in [0.15, 0.2) is 53.1 Å². The van der Waals surface area contributed by atoms with Crippen LogP contribution in [0.2, 0.25) is 5.02 Å². The lowest BCUT2D eigenvalue weighted by atomic mass is 9.80. The number of anilines is 1. The van der Waals surface area contributed by atoms with Crippen LogP contribution in [-0.2, 0) is 16.0 Å². The molecule has 1 fully saturated rings. The Kier molecular flexibility index (Phi) is 8.48. The Morgan fingerprint density at radius 2 is 1.89 bits per heavy atom. The molecule has 2 aromatic carbocycles. The van der Waals surface area contributed by atoms with Crippen LogP contribution in [0.3, 0.4) is 0 Å². The summed E-state index contributed by atoms with van der Waals surface area (Å²) in [6.45, 7) is 2.27. The van der Waals surface area contributed by atoms with Gasteiger partial charge >= 0.3 is 12.1 Å². The lowest BCUT2D eigenvalue weighted by Gasteiger charge is -2.28. The number of ether oxygens (including phenoxy) is 2. The van der Waals surface area contributed by atoms with Gasteiger partial charge in [-0.2, -0.15) is 0 Å². The molecule has 3 aromatic rings. The molecule has 1 heterocycles. The summed E-state index contributed by atoms with van der Waals surface area (Å²) in [7, 11) is 0. The maximum Gasteiger partial charge on any atom is 0.411 e. The smallest absolute Gasteiger partial charge is 0.411 e. The zero-order valence-electron chi connectivity index (χ0n) is 20.0. The van der Waals surface area contributed by atoms with E-state index < -0.39 is 12.1 Å². The summed E-state index contributed by atoms with van der Waals surface area (Å²) in [4.78, 5) is 23.9. The van der Waals surface area contributed by atoms with Crippen molar-refractivity contribution in [1.29, 1.82) is 0 Å². The minimum absolute atomic E-state index is 0.00702. The third-order valence-electron chi connectivity index (χ3n) is 6.46. The maximum atomic E-state index is 12.4. The molecule has 0 aliphatic heterocycles. The first kappa shape index (κ1) is 25.6. The molecule has 9 heteroatoms. The average Bonchev–Trinajstić information content (AvgIpc) is 3.24. The van der Waals surface area contributed by atoms with Crippen molar-refractivity contribution in [1.82, 2.24) is 5.16 Å². The number of carboxylic acid groups (broad SMARTS) is 1. The SMILES string of the molecule is Cc1noc(-c2ccc(OC[C@@H]3CCCC[C@H]3C(=O)O)cc2)c1NC(=O)OCCc1ccccc1Cl. The molecule has 2 N–H and O–H groups in total. The minimum atomic E-state index is -0.748. The van der Waals surface area contributed by atoms with Crippen LogP contribution in [0.4, 0.5) is 10.5 Å². The number of nitrogens with one attached hydrogen (secondary N) is 1. The standard InChI is InChI=1S/C27H29ClN2O6/c1-17-24(29-27(33)34-15-14-18-6-3-5-9-23(18)28)25(36-30-17)19-10-12-21(13-11-19)35-16-20-7-2-4-8-22(20)26(31)32/h3,5-6,9-13,20,22H,2,4,7-8,14-16H2,1H3,(H,29,33)(H,31,32)/t20-,22+/m0/s1. The summed E-state index contributed by atoms with van der Waals surface area (Å²) in [5.74, 6) is -0.0545. The third kappa shape index (κ3) is 6.37. The van der Waals surface area contributed by atoms with Crippen molar-refractivity contribution >= 4 is 29.4 Å². The number of benzene rings is 2. The van der Waals surface area contributed by atoms with Crippen LogP contribution in [-0.4, -0.2) is 35.5 Å². The van der Waals surface area contributed by atoms with Crippen molar-refractivity contribution in [3.05, 3.63) is 64.8 Å². The fourth-order valence-electron chi connectivity index (χ4n) is 4.44. The monoisotopic (exact) mass is 512 g/mol. The highest BCUT2D eigenvalue weighted by molar-refractivity contribution is 6.31. The molecule has 0 spiro atoms. The van der Waals surface area contributed by atoms with Crippen LogP contribution < -0.4 is 10.1 Å². The number of amides is 1. The number of hydrogen-bond donors (Lipinski definition) is 2. The second kappa shape index (κ2) is 11.9. The van der Waals surface area contributed by atoms with Gasteiger partial charge in [0.25, 0.3) is 0 Å². The molecule has 1 aliphatic carbocycles. The van der Waals surface area contributed by atoms with Crippen molar-refractivity contribution < 1.29 is 28.7 Å². The number of hydrogen-bond acceptors (Lipinski definition) is 6. The van der Waals surface area contributed by atoms with Gasteiger partial charge in [0.2, 0.25) is 0 Å². The second-order valence-corrected chi connectivity index (χ2v) is 9.31. The number of aryl methyl sites for hydroxylation is 1. The number of rotatable bonds is 9. The molecule has 4 rings (SSSR count). The molecule has 1 aromatic heterocycles. The average molecular weight is 513 g/mol. The second-order valence-electron chi connectivity index (χ2n) is 8.90. The van der Waals surface area contributed by atoms with Gasteiger partial charge in [0, 0.05) is 22.9 Å². The maximum absolute atomic E-state index is 12.4. The van der Waals surface area contributed by atoms with Gasteiger partial charge < -0.3 is 19.1 Å². The van der Waals surface area contributed by atoms with Gasteiger partial charge in [-0.25, -0.2) is 4.79 Å². The summed E-state index contributed by atoms with van der Waals surface area (Å²) in [5, 5.41) is 16.8. The molecule has 1 amide bonds. The number of aliphatic carboxylic acids is 1. The highest BCUT2D eigenvalue weighted by Gasteiger charge is 2.31. The summed E-state index contributed by atoms with van der Waals surface area (Å²) < 4.78 is 16.7. The van der Waals surface area contributed by atoms with Gasteiger partial charge in [-0.05, 0) is 55.7 Å². The minimum Gasteiger partial charge on any atom is -0.493 e. The van der Waals surface area contributed by atoms with Gasteiger partial charge in [-0.15, -0.1) is 0 Å². The van der Waals surface area contributed by atoms with Gasteiger partial charge in [-0.3, -0.25) is 10.1 Å². The number of carbonyl (C=O) groups excluding carboxylic acids is 1. The Bertz CT molecular complexity index is 1190. The predicted molar refractivity (Wildman–Crippen MR) is 135 cm³/mol. The molecule has 190 valence electrons. The fourth-order valence-corrected chi connectivity index (χ4v) is 4.68. The molecule has 8 nitrogen and oxygen atoms in total. The number of aromatic nitrogens is 1. The van der Waals surface area contributed by atoms with Crippen LogP contribution >= 0.6 is 11.6 Å². The zero-order valence-corrected chi connectivity index (χ0v) is 20.8. The molecule has 0 unspecified atom stereocenters. The van der Waals surface area contributed by atoms with Crippen LogP contribution in [0.25, 0.3) is 11.3 Å². The van der Waals surface area contributed by atoms with E-state index in [2.05, 4.69) is 10.5 Å². The first-order chi connectivity index (χ1) is 17.4. The van der Waals surface area contributed by atoms with Crippen LogP contribution in [0.5, 0.6) is 5.75 Å². The topological polar surface area (TPSA) is 111 Å². The summed E-state index contributed by atoms with van der Waals surface area (Å²) in [6, 6.07) is 14.6. The van der Waals surface area contributed by atoms with E-state index >= 15 is 0 Å². The molecule has 0 bridgehead atoms. The van der Waals surface area contributed by atoms with E-state index in [1.807, 2.05) is 18.2 Å². The highest BCUT2D eigenvalue weighted by atomic mass is 35.5. The van der Waals surface area contributed by atoms with Crippen LogP contribution in [0, 0.1) is 18.8 Å². The molecule has 1 saturated carbocycles. The van der Waals surface area contributed by atoms with Crippen molar-refractivity contribution in [2.24, 2.45) is 11.8 Å². The first-order valence-electron chi connectivity index (χ1n) is 12.0. The van der Waals surface area contributed by atoms with E-state index in [1.54, 1.807) is 37.3 Å². The largest absolute Gasteiger partial charge is 0.493 e. The molecule has 2 atom stereocenters. The Hall–Kier alpha value is -3.52. The van der Waals surface area contributed by atoms with Crippen LogP contribution in [0.1, 0.15) is 36.9 Å². The summed E-state index contributed by atoms with van der Waals surface area (Å²) >= 11 is 6.14. The third-order valence-corrected chi connectivity index (χ3v) is 6.83. The molecular weight excluding hydrogens is 484 g/mol. The first-order valence-corrected chi connectivity index (χ1v) is 12.4. The Morgan fingerprint density at radius 3 is 2.64 bits per heavy atom. The van der Waals surface area contributed by atoms with E-state index in [0.717, 1.165) is 24.8 Å². The lowest BCUT2D eigenvalue weighted by molar-refractivity contribution is -0.145. The van der Waals surface area contributed by atoms with Crippen molar-refractivity contribution in [2.45, 2.75) is 39.0 Å². The Labute approximate surface area is 214 Å². The number of halogens is 1. The normalized spacial score (nSPS) is 17.4. The molecule has 1 aliphatic rings. The number of nitrogens with zero attached hydrogens (tertiary/aromatic N) is 1. The zero-order chi connectivity index (χ0) is 25.5. The number of carbonyl (C=O) groups is 2. The molecular formula is C27H29ClN2O6. The van der Waals surface area contributed by atoms with E-state index in [-0.39, 0.29) is 18.4 Å². The van der Waals surface area contributed by atoms with Crippen molar-refractivity contribution in [2.75, 3.05) is 18.5 Å². The molecule has 0 radical (unpaired) electrons. The van der Waals surface area contributed by atoms with Crippen molar-refractivity contribution in [3.63, 3.8) is 0 Å². The van der Waals surface area contributed by atoms with E-state index in [0.29, 0.717) is 52.9 Å². The highest BCUT2D eigenvalue weighted by Crippen LogP contribution is 2.33. The van der Waals surface area contributed by atoms with E-state index in [9.17, 15) is 14.7 Å². The van der Waals surface area contributed by atoms with Gasteiger partial charge in [0.1, 0.15) is 17.1 Å². The molecule has 36 heavy (non-hydrogen) atoms. The Balaban J connectivity index is 1.34.